The van der Waals surface area contributed by atoms with Crippen molar-refractivity contribution in [3.63, 3.8) is 0 Å². The molecular weight excluding hydrogens is 225 g/mol. The monoisotopic (exact) mass is 237 g/mol. The van der Waals surface area contributed by atoms with Crippen LogP contribution >= 0.6 is 0 Å². The number of rotatable bonds is 2. The molecule has 0 aliphatic carbocycles. The van der Waals surface area contributed by atoms with E-state index in [-0.39, 0.29) is 11.7 Å². The highest BCUT2D eigenvalue weighted by atomic mass is 19.1. The average Bonchev–Trinajstić information content (AvgIpc) is 2.61. The summed E-state index contributed by atoms with van der Waals surface area (Å²) in [4.78, 5) is 24.2. The molecule has 1 amide bonds. The maximum atomic E-state index is 12.7. The van der Waals surface area contributed by atoms with E-state index in [0.717, 1.165) is 0 Å². The van der Waals surface area contributed by atoms with Crippen LogP contribution < -0.4 is 4.90 Å². The van der Waals surface area contributed by atoms with Gasteiger partial charge in [-0.1, -0.05) is 0 Å². The minimum absolute atomic E-state index is 0.258. The van der Waals surface area contributed by atoms with Crippen LogP contribution in [0.1, 0.15) is 13.3 Å². The zero-order valence-corrected chi connectivity index (χ0v) is 9.35. The van der Waals surface area contributed by atoms with Crippen molar-refractivity contribution < 1.29 is 18.7 Å². The number of benzene rings is 1. The molecule has 1 saturated heterocycles. The molecule has 1 unspecified atom stereocenters. The van der Waals surface area contributed by atoms with Crippen molar-refractivity contribution in [3.8, 4) is 0 Å². The van der Waals surface area contributed by atoms with Crippen molar-refractivity contribution >= 4 is 17.6 Å². The Balaban J connectivity index is 2.12. The van der Waals surface area contributed by atoms with Crippen LogP contribution in [0.25, 0.3) is 0 Å². The normalized spacial score (nSPS) is 19.5. The van der Waals surface area contributed by atoms with Gasteiger partial charge < -0.3 is 9.64 Å². The zero-order chi connectivity index (χ0) is 12.4. The molecule has 1 aliphatic heterocycles. The molecule has 1 aliphatic rings. The average molecular weight is 237 g/mol. The van der Waals surface area contributed by atoms with Gasteiger partial charge in [0, 0.05) is 25.6 Å². The zero-order valence-electron chi connectivity index (χ0n) is 9.35. The van der Waals surface area contributed by atoms with E-state index in [4.69, 9.17) is 4.74 Å². The molecule has 0 saturated carbocycles. The third-order valence-corrected chi connectivity index (χ3v) is 2.60. The molecule has 2 rings (SSSR count). The maximum Gasteiger partial charge on any atom is 0.303 e. The summed E-state index contributed by atoms with van der Waals surface area (Å²) < 4.78 is 17.6. The van der Waals surface area contributed by atoms with Crippen LogP contribution in [0.15, 0.2) is 24.3 Å². The second kappa shape index (κ2) is 4.53. The molecule has 0 bridgehead atoms. The van der Waals surface area contributed by atoms with Gasteiger partial charge in [-0.05, 0) is 24.3 Å². The number of hydrogen-bond acceptors (Lipinski definition) is 3. The van der Waals surface area contributed by atoms with Gasteiger partial charge in [0.05, 0.1) is 0 Å². The van der Waals surface area contributed by atoms with E-state index in [1.54, 1.807) is 0 Å². The second-order valence-corrected chi connectivity index (χ2v) is 3.85. The largest absolute Gasteiger partial charge is 0.452 e. The van der Waals surface area contributed by atoms with E-state index in [0.29, 0.717) is 18.7 Å². The number of nitrogens with zero attached hydrogens (tertiary/aromatic N) is 1. The van der Waals surface area contributed by atoms with Crippen LogP contribution in [0.4, 0.5) is 10.1 Å². The molecule has 0 aromatic heterocycles. The van der Waals surface area contributed by atoms with Crippen molar-refractivity contribution in [1.29, 1.82) is 0 Å². The Kier molecular flexibility index (Phi) is 3.08. The van der Waals surface area contributed by atoms with E-state index >= 15 is 0 Å². The van der Waals surface area contributed by atoms with Crippen LogP contribution in [0.3, 0.4) is 0 Å². The SMILES string of the molecule is CC(=O)OC1CCN(c2ccc(F)cc2)C1=O. The van der Waals surface area contributed by atoms with Gasteiger partial charge in [0.15, 0.2) is 6.10 Å². The lowest BCUT2D eigenvalue weighted by Gasteiger charge is -2.16. The molecule has 5 heteroatoms. The Hall–Kier alpha value is -1.91. The van der Waals surface area contributed by atoms with E-state index in [1.807, 2.05) is 0 Å². The lowest BCUT2D eigenvalue weighted by atomic mass is 10.3. The van der Waals surface area contributed by atoms with Gasteiger partial charge in [-0.25, -0.2) is 4.39 Å². The predicted octanol–water partition coefficient (Wildman–Crippen LogP) is 1.49. The highest BCUT2D eigenvalue weighted by Crippen LogP contribution is 2.23. The third kappa shape index (κ3) is 2.43. The number of esters is 1. The van der Waals surface area contributed by atoms with Crippen LogP contribution in [0.5, 0.6) is 0 Å². The minimum atomic E-state index is -0.711. The lowest BCUT2D eigenvalue weighted by molar-refractivity contribution is -0.151. The highest BCUT2D eigenvalue weighted by molar-refractivity contribution is 5.99. The van der Waals surface area contributed by atoms with Gasteiger partial charge in [0.1, 0.15) is 5.82 Å². The molecule has 1 aromatic rings. The fourth-order valence-corrected chi connectivity index (χ4v) is 1.84. The van der Waals surface area contributed by atoms with Crippen molar-refractivity contribution in [1.82, 2.24) is 0 Å². The molecule has 1 fully saturated rings. The van der Waals surface area contributed by atoms with E-state index < -0.39 is 12.1 Å². The van der Waals surface area contributed by atoms with Crippen molar-refractivity contribution in [2.75, 3.05) is 11.4 Å². The summed E-state index contributed by atoms with van der Waals surface area (Å²) in [6, 6.07) is 5.65. The number of halogens is 1. The summed E-state index contributed by atoms with van der Waals surface area (Å²) in [5.41, 5.74) is 0.617. The van der Waals surface area contributed by atoms with Gasteiger partial charge in [-0.15, -0.1) is 0 Å². The molecule has 1 heterocycles. The molecule has 0 spiro atoms. The summed E-state index contributed by atoms with van der Waals surface area (Å²) in [7, 11) is 0. The standard InChI is InChI=1S/C12H12FNO3/c1-8(15)17-11-6-7-14(12(11)16)10-4-2-9(13)3-5-10/h2-5,11H,6-7H2,1H3. The second-order valence-electron chi connectivity index (χ2n) is 3.85. The fraction of sp³-hybridized carbons (Fsp3) is 0.333. The van der Waals surface area contributed by atoms with Crippen LogP contribution in [0, 0.1) is 5.82 Å². The van der Waals surface area contributed by atoms with Crippen molar-refractivity contribution in [2.24, 2.45) is 0 Å². The summed E-state index contributed by atoms with van der Waals surface area (Å²) in [6.07, 6.45) is -0.243. The quantitative estimate of drug-likeness (QED) is 0.732. The first-order chi connectivity index (χ1) is 8.08. The van der Waals surface area contributed by atoms with Crippen molar-refractivity contribution in [3.05, 3.63) is 30.1 Å². The molecule has 1 atom stereocenters. The summed E-state index contributed by atoms with van der Waals surface area (Å²) >= 11 is 0. The van der Waals surface area contributed by atoms with Gasteiger partial charge in [0.2, 0.25) is 0 Å². The van der Waals surface area contributed by atoms with E-state index in [1.165, 1.54) is 36.1 Å². The highest BCUT2D eigenvalue weighted by Gasteiger charge is 2.34. The summed E-state index contributed by atoms with van der Waals surface area (Å²) in [5, 5.41) is 0. The summed E-state index contributed by atoms with van der Waals surface area (Å²) in [5.74, 6) is -1.08. The predicted molar refractivity (Wildman–Crippen MR) is 58.9 cm³/mol. The van der Waals surface area contributed by atoms with Crippen LogP contribution in [0.2, 0.25) is 0 Å². The molecule has 0 N–H and O–H groups in total. The molecular formula is C12H12FNO3. The summed E-state index contributed by atoms with van der Waals surface area (Å²) in [6.45, 7) is 1.75. The maximum absolute atomic E-state index is 12.7. The Labute approximate surface area is 98.0 Å². The van der Waals surface area contributed by atoms with Gasteiger partial charge in [-0.3, -0.25) is 9.59 Å². The molecule has 0 radical (unpaired) electrons. The number of anilines is 1. The van der Waals surface area contributed by atoms with Crippen LogP contribution in [-0.2, 0) is 14.3 Å². The first kappa shape index (κ1) is 11.6. The van der Waals surface area contributed by atoms with Gasteiger partial charge in [-0.2, -0.15) is 0 Å². The fourth-order valence-electron chi connectivity index (χ4n) is 1.84. The number of ether oxygens (including phenoxy) is 1. The number of hydrogen-bond donors (Lipinski definition) is 0. The van der Waals surface area contributed by atoms with E-state index in [9.17, 15) is 14.0 Å². The first-order valence-corrected chi connectivity index (χ1v) is 5.32. The van der Waals surface area contributed by atoms with Gasteiger partial charge >= 0.3 is 5.97 Å². The van der Waals surface area contributed by atoms with E-state index in [2.05, 4.69) is 0 Å². The molecule has 1 aromatic carbocycles. The van der Waals surface area contributed by atoms with Crippen LogP contribution in [-0.4, -0.2) is 24.5 Å². The minimum Gasteiger partial charge on any atom is -0.452 e. The number of amides is 1. The molecule has 4 nitrogen and oxygen atoms in total. The first-order valence-electron chi connectivity index (χ1n) is 5.32. The Morgan fingerprint density at radius 2 is 2.06 bits per heavy atom. The van der Waals surface area contributed by atoms with Crippen molar-refractivity contribution in [2.45, 2.75) is 19.4 Å². The Morgan fingerprint density at radius 3 is 2.65 bits per heavy atom. The Morgan fingerprint density at radius 1 is 1.41 bits per heavy atom. The third-order valence-electron chi connectivity index (χ3n) is 2.60. The number of carbonyl (C=O) groups is 2. The topological polar surface area (TPSA) is 46.6 Å². The molecule has 90 valence electrons. The lowest BCUT2D eigenvalue weighted by Crippen LogP contribution is -2.31. The number of carbonyl (C=O) groups excluding carboxylic acids is 2. The molecule has 17 heavy (non-hydrogen) atoms. The Bertz CT molecular complexity index is 444. The smallest absolute Gasteiger partial charge is 0.303 e. The van der Waals surface area contributed by atoms with Gasteiger partial charge in [0.25, 0.3) is 5.91 Å².